The fourth-order valence-corrected chi connectivity index (χ4v) is 1.97. The molecule has 3 aromatic heterocycles. The molecule has 0 aliphatic rings. The summed E-state index contributed by atoms with van der Waals surface area (Å²) in [7, 11) is 0. The molecule has 0 aliphatic heterocycles. The predicted octanol–water partition coefficient (Wildman–Crippen LogP) is 2.76. The Balaban J connectivity index is 1.81. The Morgan fingerprint density at radius 1 is 1.10 bits per heavy atom. The van der Waals surface area contributed by atoms with Gasteiger partial charge in [-0.15, -0.1) is 0 Å². The molecule has 0 fully saturated rings. The van der Waals surface area contributed by atoms with Gasteiger partial charge in [0.2, 0.25) is 0 Å². The highest BCUT2D eigenvalue weighted by atomic mass is 16.5. The monoisotopic (exact) mass is 281 g/mol. The molecule has 0 saturated carbocycles. The molecule has 0 amide bonds. The number of nitrogens with zero attached hydrogens (tertiary/aromatic N) is 4. The van der Waals surface area contributed by atoms with Crippen LogP contribution in [-0.4, -0.2) is 20.1 Å². The molecule has 0 spiro atoms. The number of anilines is 1. The Bertz CT molecular complexity index is 739. The number of hydrogen-bond acceptors (Lipinski definition) is 6. The number of rotatable bonds is 4. The first-order chi connectivity index (χ1) is 10.2. The van der Waals surface area contributed by atoms with Crippen LogP contribution in [-0.2, 0) is 6.54 Å². The first kappa shape index (κ1) is 13.2. The van der Waals surface area contributed by atoms with Gasteiger partial charge in [-0.05, 0) is 26.0 Å². The van der Waals surface area contributed by atoms with Crippen LogP contribution in [0.4, 0.5) is 5.82 Å². The second kappa shape index (κ2) is 5.70. The summed E-state index contributed by atoms with van der Waals surface area (Å²) in [5.74, 6) is 2.23. The minimum absolute atomic E-state index is 0.559. The largest absolute Gasteiger partial charge is 0.364 e. The van der Waals surface area contributed by atoms with Gasteiger partial charge in [0.15, 0.2) is 5.82 Å². The van der Waals surface area contributed by atoms with E-state index in [0.29, 0.717) is 12.4 Å². The topological polar surface area (TPSA) is 76.7 Å². The zero-order valence-electron chi connectivity index (χ0n) is 11.9. The molecular formula is C15H15N5O. The van der Waals surface area contributed by atoms with Crippen molar-refractivity contribution < 1.29 is 4.52 Å². The van der Waals surface area contributed by atoms with Crippen molar-refractivity contribution in [2.45, 2.75) is 20.4 Å². The van der Waals surface area contributed by atoms with Gasteiger partial charge in [0.1, 0.15) is 17.3 Å². The second-order valence-corrected chi connectivity index (χ2v) is 4.74. The van der Waals surface area contributed by atoms with Crippen molar-refractivity contribution >= 4 is 5.82 Å². The predicted molar refractivity (Wildman–Crippen MR) is 78.6 cm³/mol. The van der Waals surface area contributed by atoms with E-state index in [1.165, 1.54) is 0 Å². The minimum Gasteiger partial charge on any atom is -0.364 e. The number of aryl methyl sites for hydroxylation is 2. The average molecular weight is 281 g/mol. The van der Waals surface area contributed by atoms with E-state index in [2.05, 4.69) is 25.4 Å². The highest BCUT2D eigenvalue weighted by Crippen LogP contribution is 2.17. The lowest BCUT2D eigenvalue weighted by molar-refractivity contribution is 0.391. The standard InChI is InChI=1S/C15H15N5O/c1-10-7-14(17-9-13-8-11(2)21-20-13)19-15(18-10)12-3-5-16-6-4-12/h3-8H,9H2,1-2H3,(H,17,18,19). The average Bonchev–Trinajstić information content (AvgIpc) is 2.91. The molecule has 3 rings (SSSR count). The van der Waals surface area contributed by atoms with Gasteiger partial charge in [-0.2, -0.15) is 0 Å². The van der Waals surface area contributed by atoms with Crippen LogP contribution in [0, 0.1) is 13.8 Å². The molecule has 106 valence electrons. The molecule has 3 aromatic rings. The zero-order chi connectivity index (χ0) is 14.7. The number of pyridine rings is 1. The van der Waals surface area contributed by atoms with Crippen LogP contribution in [0.2, 0.25) is 0 Å². The maximum Gasteiger partial charge on any atom is 0.161 e. The number of nitrogens with one attached hydrogen (secondary N) is 1. The van der Waals surface area contributed by atoms with E-state index < -0.39 is 0 Å². The van der Waals surface area contributed by atoms with Gasteiger partial charge in [-0.25, -0.2) is 9.97 Å². The van der Waals surface area contributed by atoms with Crippen LogP contribution in [0.5, 0.6) is 0 Å². The summed E-state index contributed by atoms with van der Waals surface area (Å²) in [6.45, 7) is 4.37. The van der Waals surface area contributed by atoms with Gasteiger partial charge in [0.25, 0.3) is 0 Å². The van der Waals surface area contributed by atoms with E-state index in [1.807, 2.05) is 38.1 Å². The lowest BCUT2D eigenvalue weighted by Gasteiger charge is -2.07. The van der Waals surface area contributed by atoms with Crippen molar-refractivity contribution in [3.63, 3.8) is 0 Å². The molecule has 3 heterocycles. The van der Waals surface area contributed by atoms with Crippen molar-refractivity contribution in [1.82, 2.24) is 20.1 Å². The molecule has 0 saturated heterocycles. The molecule has 0 atom stereocenters. The van der Waals surface area contributed by atoms with Gasteiger partial charge in [-0.1, -0.05) is 5.16 Å². The smallest absolute Gasteiger partial charge is 0.161 e. The Kier molecular flexibility index (Phi) is 3.59. The van der Waals surface area contributed by atoms with E-state index >= 15 is 0 Å². The highest BCUT2D eigenvalue weighted by molar-refractivity contribution is 5.56. The van der Waals surface area contributed by atoms with Crippen LogP contribution in [0.15, 0.2) is 41.2 Å². The van der Waals surface area contributed by atoms with Gasteiger partial charge in [0, 0.05) is 35.8 Å². The van der Waals surface area contributed by atoms with Gasteiger partial charge in [0.05, 0.1) is 6.54 Å². The summed E-state index contributed by atoms with van der Waals surface area (Å²) in [5, 5.41) is 7.18. The van der Waals surface area contributed by atoms with Crippen LogP contribution >= 0.6 is 0 Å². The quantitative estimate of drug-likeness (QED) is 0.792. The molecule has 0 aromatic carbocycles. The van der Waals surface area contributed by atoms with Crippen LogP contribution in [0.25, 0.3) is 11.4 Å². The van der Waals surface area contributed by atoms with Crippen LogP contribution < -0.4 is 5.32 Å². The number of hydrogen-bond donors (Lipinski definition) is 1. The number of aromatic nitrogens is 4. The van der Waals surface area contributed by atoms with Crippen LogP contribution in [0.3, 0.4) is 0 Å². The normalized spacial score (nSPS) is 10.6. The zero-order valence-corrected chi connectivity index (χ0v) is 11.9. The van der Waals surface area contributed by atoms with Gasteiger partial charge >= 0.3 is 0 Å². The summed E-state index contributed by atoms with van der Waals surface area (Å²) < 4.78 is 5.04. The molecule has 0 unspecified atom stereocenters. The first-order valence-electron chi connectivity index (χ1n) is 6.63. The maximum atomic E-state index is 5.04. The molecular weight excluding hydrogens is 266 g/mol. The second-order valence-electron chi connectivity index (χ2n) is 4.74. The van der Waals surface area contributed by atoms with Crippen molar-refractivity contribution in [2.24, 2.45) is 0 Å². The Morgan fingerprint density at radius 3 is 2.62 bits per heavy atom. The van der Waals surface area contributed by atoms with Crippen LogP contribution in [0.1, 0.15) is 17.1 Å². The molecule has 0 bridgehead atoms. The molecule has 21 heavy (non-hydrogen) atoms. The third-order valence-corrected chi connectivity index (χ3v) is 2.92. The van der Waals surface area contributed by atoms with E-state index in [-0.39, 0.29) is 0 Å². The molecule has 0 aliphatic carbocycles. The van der Waals surface area contributed by atoms with Gasteiger partial charge < -0.3 is 9.84 Å². The van der Waals surface area contributed by atoms with Crippen molar-refractivity contribution in [2.75, 3.05) is 5.32 Å². The summed E-state index contributed by atoms with van der Waals surface area (Å²) in [6, 6.07) is 7.57. The van der Waals surface area contributed by atoms with Crippen molar-refractivity contribution in [3.8, 4) is 11.4 Å². The highest BCUT2D eigenvalue weighted by Gasteiger charge is 2.06. The fourth-order valence-electron chi connectivity index (χ4n) is 1.97. The van der Waals surface area contributed by atoms with E-state index in [4.69, 9.17) is 4.52 Å². The Morgan fingerprint density at radius 2 is 1.90 bits per heavy atom. The summed E-state index contributed by atoms with van der Waals surface area (Å²) in [6.07, 6.45) is 3.46. The SMILES string of the molecule is Cc1cc(NCc2cc(C)on2)nc(-c2ccncc2)n1. The van der Waals surface area contributed by atoms with Crippen molar-refractivity contribution in [1.29, 1.82) is 0 Å². The summed E-state index contributed by atoms with van der Waals surface area (Å²) in [4.78, 5) is 13.0. The Labute approximate surface area is 122 Å². The molecule has 6 nitrogen and oxygen atoms in total. The van der Waals surface area contributed by atoms with E-state index in [1.54, 1.807) is 12.4 Å². The van der Waals surface area contributed by atoms with Gasteiger partial charge in [-0.3, -0.25) is 4.98 Å². The molecule has 6 heteroatoms. The third kappa shape index (κ3) is 3.22. The third-order valence-electron chi connectivity index (χ3n) is 2.92. The minimum atomic E-state index is 0.559. The first-order valence-corrected chi connectivity index (χ1v) is 6.63. The lowest BCUT2D eigenvalue weighted by atomic mass is 10.2. The lowest BCUT2D eigenvalue weighted by Crippen LogP contribution is -2.04. The van der Waals surface area contributed by atoms with E-state index in [9.17, 15) is 0 Å². The fraction of sp³-hybridized carbons (Fsp3) is 0.200. The molecule has 1 N–H and O–H groups in total. The summed E-state index contributed by atoms with van der Waals surface area (Å²) >= 11 is 0. The Hall–Kier alpha value is -2.76. The maximum absolute atomic E-state index is 5.04. The van der Waals surface area contributed by atoms with Crippen molar-refractivity contribution in [3.05, 3.63) is 53.8 Å². The van der Waals surface area contributed by atoms with E-state index in [0.717, 1.165) is 28.5 Å². The molecule has 0 radical (unpaired) electrons. The summed E-state index contributed by atoms with van der Waals surface area (Å²) in [5.41, 5.74) is 2.68.